The fourth-order valence-electron chi connectivity index (χ4n) is 4.93. The molecule has 3 aliphatic rings. The van der Waals surface area contributed by atoms with Gasteiger partial charge in [-0.3, -0.25) is 14.8 Å². The van der Waals surface area contributed by atoms with Crippen LogP contribution in [0.1, 0.15) is 48.0 Å². The third-order valence-electron chi connectivity index (χ3n) is 6.53. The number of nitrogens with zero attached hydrogens (tertiary/aromatic N) is 3. The molecule has 0 unspecified atom stereocenters. The lowest BCUT2D eigenvalue weighted by Crippen LogP contribution is -2.43. The quantitative estimate of drug-likeness (QED) is 0.808. The van der Waals surface area contributed by atoms with Gasteiger partial charge >= 0.3 is 5.97 Å². The molecule has 2 fully saturated rings. The molecule has 7 nitrogen and oxygen atoms in total. The van der Waals surface area contributed by atoms with E-state index < -0.39 is 5.60 Å². The van der Waals surface area contributed by atoms with Gasteiger partial charge in [-0.1, -0.05) is 0 Å². The van der Waals surface area contributed by atoms with Crippen molar-refractivity contribution in [2.24, 2.45) is 5.92 Å². The summed E-state index contributed by atoms with van der Waals surface area (Å²) in [5, 5.41) is 3.24. The summed E-state index contributed by atoms with van der Waals surface area (Å²) in [6, 6.07) is 6.03. The number of nitrogens with one attached hydrogen (secondary N) is 1. The molecule has 1 spiro atoms. The second-order valence-corrected chi connectivity index (χ2v) is 8.23. The van der Waals surface area contributed by atoms with Crippen molar-refractivity contribution in [3.05, 3.63) is 54.1 Å². The SMILES string of the molecule is O=C1O[C@]2(CC[C@H](C(=O)N[C@H]3CCN(c4cccnc4)C3)CC2)c2ccncc21. The van der Waals surface area contributed by atoms with Crippen LogP contribution in [0.25, 0.3) is 0 Å². The average molecular weight is 392 g/mol. The molecule has 2 aromatic heterocycles. The minimum Gasteiger partial charge on any atom is -0.451 e. The maximum Gasteiger partial charge on any atom is 0.341 e. The van der Waals surface area contributed by atoms with Gasteiger partial charge in [0.25, 0.3) is 0 Å². The molecule has 0 aromatic carbocycles. The summed E-state index contributed by atoms with van der Waals surface area (Å²) in [4.78, 5) is 35.5. The fraction of sp³-hybridized carbons (Fsp3) is 0.455. The maximum absolute atomic E-state index is 12.9. The van der Waals surface area contributed by atoms with Gasteiger partial charge in [0.15, 0.2) is 0 Å². The standard InChI is InChI=1S/C22H24N4O3/c27-20(25-16-6-11-26(14-16)17-2-1-9-23-12-17)15-3-7-22(8-4-15)19-5-10-24-13-18(19)21(28)29-22/h1-2,5,9-10,12-13,15-16H,3-4,6-8,11,14H2,(H,25,27)/t15-,16-,22-/m0/s1. The molecule has 7 heteroatoms. The van der Waals surface area contributed by atoms with Gasteiger partial charge in [0.1, 0.15) is 5.60 Å². The molecule has 1 atom stereocenters. The summed E-state index contributed by atoms with van der Waals surface area (Å²) >= 11 is 0. The van der Waals surface area contributed by atoms with Crippen LogP contribution < -0.4 is 10.2 Å². The zero-order chi connectivity index (χ0) is 19.8. The number of rotatable bonds is 3. The van der Waals surface area contributed by atoms with E-state index in [2.05, 4.69) is 20.2 Å². The van der Waals surface area contributed by atoms with Crippen LogP contribution in [-0.4, -0.2) is 41.0 Å². The molecule has 150 valence electrons. The van der Waals surface area contributed by atoms with Crippen LogP contribution in [0.2, 0.25) is 0 Å². The summed E-state index contributed by atoms with van der Waals surface area (Å²) < 4.78 is 5.76. The highest BCUT2D eigenvalue weighted by molar-refractivity contribution is 5.94. The molecule has 2 aliphatic heterocycles. The summed E-state index contributed by atoms with van der Waals surface area (Å²) in [5.41, 5.74) is 2.02. The van der Waals surface area contributed by atoms with E-state index in [9.17, 15) is 9.59 Å². The zero-order valence-corrected chi connectivity index (χ0v) is 16.2. The number of aromatic nitrogens is 2. The number of anilines is 1. The van der Waals surface area contributed by atoms with Crippen molar-refractivity contribution >= 4 is 17.6 Å². The van der Waals surface area contributed by atoms with Crippen LogP contribution in [0.15, 0.2) is 43.0 Å². The van der Waals surface area contributed by atoms with Gasteiger partial charge in [0.2, 0.25) is 5.91 Å². The van der Waals surface area contributed by atoms with Crippen LogP contribution in [0.3, 0.4) is 0 Å². The number of esters is 1. The molecular formula is C22H24N4O3. The van der Waals surface area contributed by atoms with Gasteiger partial charge in [0.05, 0.1) is 17.4 Å². The number of hydrogen-bond acceptors (Lipinski definition) is 6. The number of ether oxygens (including phenoxy) is 1. The van der Waals surface area contributed by atoms with Crippen molar-refractivity contribution in [2.45, 2.75) is 43.7 Å². The van der Waals surface area contributed by atoms with Crippen molar-refractivity contribution in [1.82, 2.24) is 15.3 Å². The van der Waals surface area contributed by atoms with Gasteiger partial charge < -0.3 is 15.0 Å². The van der Waals surface area contributed by atoms with Gasteiger partial charge in [-0.25, -0.2) is 4.79 Å². The van der Waals surface area contributed by atoms with Crippen molar-refractivity contribution in [2.75, 3.05) is 18.0 Å². The van der Waals surface area contributed by atoms with E-state index in [0.717, 1.165) is 43.6 Å². The summed E-state index contributed by atoms with van der Waals surface area (Å²) in [5.74, 6) is -0.202. The molecule has 0 bridgehead atoms. The predicted molar refractivity (Wildman–Crippen MR) is 106 cm³/mol. The minimum atomic E-state index is -0.573. The maximum atomic E-state index is 12.9. The highest BCUT2D eigenvalue weighted by Crippen LogP contribution is 2.47. The summed E-state index contributed by atoms with van der Waals surface area (Å²) in [7, 11) is 0. The van der Waals surface area contributed by atoms with E-state index in [1.165, 1.54) is 0 Å². The van der Waals surface area contributed by atoms with Gasteiger partial charge in [-0.15, -0.1) is 0 Å². The second kappa shape index (κ2) is 7.13. The van der Waals surface area contributed by atoms with E-state index in [1.807, 2.05) is 24.4 Å². The smallest absolute Gasteiger partial charge is 0.341 e. The molecule has 1 saturated carbocycles. The molecule has 1 saturated heterocycles. The number of carbonyl (C=O) groups is 2. The third kappa shape index (κ3) is 3.24. The van der Waals surface area contributed by atoms with Crippen LogP contribution in [0, 0.1) is 5.92 Å². The van der Waals surface area contributed by atoms with Crippen molar-refractivity contribution in [1.29, 1.82) is 0 Å². The summed E-state index contributed by atoms with van der Waals surface area (Å²) in [6.07, 6.45) is 10.7. The van der Waals surface area contributed by atoms with Crippen LogP contribution in [0.4, 0.5) is 5.69 Å². The molecule has 1 N–H and O–H groups in total. The van der Waals surface area contributed by atoms with Crippen LogP contribution >= 0.6 is 0 Å². The number of pyridine rings is 2. The Hall–Kier alpha value is -2.96. The number of carbonyl (C=O) groups excluding carboxylic acids is 2. The lowest BCUT2D eigenvalue weighted by molar-refractivity contribution is -0.128. The Labute approximate surface area is 169 Å². The van der Waals surface area contributed by atoms with Crippen LogP contribution in [0.5, 0.6) is 0 Å². The molecule has 5 rings (SSSR count). The number of fused-ring (bicyclic) bond motifs is 2. The molecule has 1 amide bonds. The Morgan fingerprint density at radius 3 is 2.76 bits per heavy atom. The molecular weight excluding hydrogens is 368 g/mol. The van der Waals surface area contributed by atoms with Gasteiger partial charge in [-0.2, -0.15) is 0 Å². The Balaban J connectivity index is 1.18. The number of amides is 1. The topological polar surface area (TPSA) is 84.4 Å². The van der Waals surface area contributed by atoms with E-state index in [0.29, 0.717) is 18.4 Å². The third-order valence-corrected chi connectivity index (χ3v) is 6.53. The monoisotopic (exact) mass is 392 g/mol. The van der Waals surface area contributed by atoms with E-state index >= 15 is 0 Å². The zero-order valence-electron chi connectivity index (χ0n) is 16.2. The average Bonchev–Trinajstić information content (AvgIpc) is 3.33. The largest absolute Gasteiger partial charge is 0.451 e. The van der Waals surface area contributed by atoms with E-state index in [4.69, 9.17) is 4.74 Å². The molecule has 4 heterocycles. The molecule has 1 aliphatic carbocycles. The van der Waals surface area contributed by atoms with Gasteiger partial charge in [0, 0.05) is 49.2 Å². The van der Waals surface area contributed by atoms with Crippen molar-refractivity contribution in [3.63, 3.8) is 0 Å². The van der Waals surface area contributed by atoms with Gasteiger partial charge in [-0.05, 0) is 50.3 Å². The Morgan fingerprint density at radius 1 is 1.14 bits per heavy atom. The second-order valence-electron chi connectivity index (χ2n) is 8.23. The normalized spacial score (nSPS) is 28.3. The van der Waals surface area contributed by atoms with E-state index in [-0.39, 0.29) is 23.8 Å². The molecule has 0 radical (unpaired) electrons. The van der Waals surface area contributed by atoms with Crippen molar-refractivity contribution < 1.29 is 14.3 Å². The minimum absolute atomic E-state index is 0.0299. The van der Waals surface area contributed by atoms with E-state index in [1.54, 1.807) is 18.6 Å². The lowest BCUT2D eigenvalue weighted by atomic mass is 9.75. The lowest BCUT2D eigenvalue weighted by Gasteiger charge is -2.36. The highest BCUT2D eigenvalue weighted by atomic mass is 16.6. The highest BCUT2D eigenvalue weighted by Gasteiger charge is 2.48. The Bertz CT molecular complexity index is 925. The van der Waals surface area contributed by atoms with Crippen molar-refractivity contribution in [3.8, 4) is 0 Å². The molecule has 2 aromatic rings. The Kier molecular flexibility index (Phi) is 4.45. The molecule has 29 heavy (non-hydrogen) atoms. The first-order chi connectivity index (χ1) is 14.1. The predicted octanol–water partition coefficient (Wildman–Crippen LogP) is 2.43. The first kappa shape index (κ1) is 18.1. The summed E-state index contributed by atoms with van der Waals surface area (Å²) in [6.45, 7) is 1.73. The Morgan fingerprint density at radius 2 is 1.97 bits per heavy atom. The first-order valence-electron chi connectivity index (χ1n) is 10.3. The fourth-order valence-corrected chi connectivity index (χ4v) is 4.93. The first-order valence-corrected chi connectivity index (χ1v) is 10.3. The number of hydrogen-bond donors (Lipinski definition) is 1. The van der Waals surface area contributed by atoms with Crippen LogP contribution in [-0.2, 0) is 15.1 Å².